The van der Waals surface area contributed by atoms with Gasteiger partial charge in [-0.2, -0.15) is 15.5 Å². The van der Waals surface area contributed by atoms with E-state index in [1.165, 1.54) is 6.20 Å². The topological polar surface area (TPSA) is 111 Å². The van der Waals surface area contributed by atoms with Gasteiger partial charge < -0.3 is 9.80 Å². The second kappa shape index (κ2) is 10.8. The van der Waals surface area contributed by atoms with E-state index in [9.17, 15) is 10.1 Å². The predicted molar refractivity (Wildman–Crippen MR) is 149 cm³/mol. The number of anilines is 1. The number of aryl methyl sites for hydroxylation is 1. The van der Waals surface area contributed by atoms with Crippen LogP contribution in [0.15, 0.2) is 43.1 Å². The summed E-state index contributed by atoms with van der Waals surface area (Å²) in [6, 6.07) is 5.65. The highest BCUT2D eigenvalue weighted by molar-refractivity contribution is 5.83. The van der Waals surface area contributed by atoms with E-state index in [2.05, 4.69) is 35.0 Å². The molecule has 39 heavy (non-hydrogen) atoms. The smallest absolute Gasteiger partial charge is 0.240 e. The summed E-state index contributed by atoms with van der Waals surface area (Å²) in [7, 11) is 1.71. The molecule has 202 valence electrons. The van der Waals surface area contributed by atoms with Crippen LogP contribution in [0.3, 0.4) is 0 Å². The molecule has 0 radical (unpaired) electrons. The summed E-state index contributed by atoms with van der Waals surface area (Å²) in [4.78, 5) is 28.6. The lowest BCUT2D eigenvalue weighted by Crippen LogP contribution is -2.54. The minimum Gasteiger partial charge on any atom is -0.353 e. The Kier molecular flexibility index (Phi) is 6.60. The number of carbonyl (C=O) groups excluding carboxylic acids is 1. The number of pyridine rings is 1. The van der Waals surface area contributed by atoms with E-state index in [1.807, 2.05) is 30.3 Å². The van der Waals surface area contributed by atoms with Gasteiger partial charge in [-0.3, -0.25) is 14.4 Å². The first-order valence-electron chi connectivity index (χ1n) is 14.3. The lowest BCUT2D eigenvalue weighted by atomic mass is 10.0. The van der Waals surface area contributed by atoms with Gasteiger partial charge in [0.05, 0.1) is 36.0 Å². The van der Waals surface area contributed by atoms with E-state index in [4.69, 9.17) is 12.7 Å². The normalized spacial score (nSPS) is 15.5. The van der Waals surface area contributed by atoms with Gasteiger partial charge in [0.15, 0.2) is 0 Å². The second-order valence-electron chi connectivity index (χ2n) is 10.3. The molecule has 4 aromatic rings. The van der Waals surface area contributed by atoms with Gasteiger partial charge in [-0.05, 0) is 38.5 Å². The molecule has 5 heterocycles. The molecule has 4 aromatic heterocycles. The summed E-state index contributed by atoms with van der Waals surface area (Å²) in [5.74, 6) is 1.09. The summed E-state index contributed by atoms with van der Waals surface area (Å²) < 4.78 is 18.9. The van der Waals surface area contributed by atoms with E-state index in [-0.39, 0.29) is 20.0 Å². The first-order valence-corrected chi connectivity index (χ1v) is 12.9. The third-order valence-corrected chi connectivity index (χ3v) is 6.97. The van der Waals surface area contributed by atoms with Crippen molar-refractivity contribution in [3.05, 3.63) is 48.7 Å². The molecule has 11 nitrogen and oxygen atoms in total. The standard InChI is InChI=1S/C28H34N10O/c1-19(2)12-24(34(3)4)28(39)37-10-8-36(9-11-37)25-7-6-20(14-30-25)26-27-21(13-29)15-32-38(27)18-23(33-26)22-16-31-35(5)17-22/h6-7,14-19,24H,8-12H2,1-5H3/t24-/m0/s1/i3D,4D. The molecule has 0 N–H and O–H groups in total. The molecule has 0 aromatic carbocycles. The minimum absolute atomic E-state index is 0.00106. The first kappa shape index (κ1) is 23.8. The van der Waals surface area contributed by atoms with Crippen LogP contribution < -0.4 is 4.90 Å². The van der Waals surface area contributed by atoms with Crippen LogP contribution in [0.2, 0.25) is 0 Å². The summed E-state index contributed by atoms with van der Waals surface area (Å²) >= 11 is 0. The predicted octanol–water partition coefficient (Wildman–Crippen LogP) is 2.69. The molecule has 0 spiro atoms. The third-order valence-electron chi connectivity index (χ3n) is 6.97. The molecule has 1 amide bonds. The molecular formula is C28H34N10O. The fourth-order valence-corrected chi connectivity index (χ4v) is 4.92. The van der Waals surface area contributed by atoms with Crippen LogP contribution in [0.1, 0.15) is 28.6 Å². The van der Waals surface area contributed by atoms with Crippen molar-refractivity contribution >= 4 is 17.2 Å². The summed E-state index contributed by atoms with van der Waals surface area (Å²) in [6.45, 7) is 6.49. The average Bonchev–Trinajstić information content (AvgIpc) is 3.62. The van der Waals surface area contributed by atoms with Crippen molar-refractivity contribution in [2.45, 2.75) is 26.3 Å². The largest absolute Gasteiger partial charge is 0.353 e. The number of amides is 1. The van der Waals surface area contributed by atoms with Gasteiger partial charge in [0.2, 0.25) is 5.91 Å². The lowest BCUT2D eigenvalue weighted by Gasteiger charge is -2.38. The molecule has 1 aliphatic heterocycles. The highest BCUT2D eigenvalue weighted by Crippen LogP contribution is 2.29. The Morgan fingerprint density at radius 2 is 1.90 bits per heavy atom. The maximum Gasteiger partial charge on any atom is 0.240 e. The van der Waals surface area contributed by atoms with Gasteiger partial charge in [-0.25, -0.2) is 14.5 Å². The Bertz CT molecular complexity index is 1550. The highest BCUT2D eigenvalue weighted by atomic mass is 16.2. The van der Waals surface area contributed by atoms with Crippen molar-refractivity contribution in [1.82, 2.24) is 39.2 Å². The molecule has 5 rings (SSSR count). The van der Waals surface area contributed by atoms with Crippen molar-refractivity contribution in [1.29, 1.82) is 5.26 Å². The van der Waals surface area contributed by atoms with E-state index in [1.54, 1.807) is 32.7 Å². The first-order chi connectivity index (χ1) is 19.8. The van der Waals surface area contributed by atoms with Gasteiger partial charge in [0.25, 0.3) is 0 Å². The Labute approximate surface area is 231 Å². The van der Waals surface area contributed by atoms with Crippen LogP contribution in [0.25, 0.3) is 28.0 Å². The van der Waals surface area contributed by atoms with Crippen molar-refractivity contribution in [3.8, 4) is 28.6 Å². The molecule has 1 saturated heterocycles. The van der Waals surface area contributed by atoms with Crippen LogP contribution in [0.5, 0.6) is 0 Å². The number of rotatable bonds is 7. The number of likely N-dealkylation sites (N-methyl/N-ethyl adjacent to an activating group) is 1. The second-order valence-corrected chi connectivity index (χ2v) is 10.3. The van der Waals surface area contributed by atoms with Crippen LogP contribution in [-0.4, -0.2) is 91.3 Å². The van der Waals surface area contributed by atoms with Crippen LogP contribution in [0.4, 0.5) is 5.82 Å². The summed E-state index contributed by atoms with van der Waals surface area (Å²) in [5.41, 5.74) is 3.94. The van der Waals surface area contributed by atoms with Crippen LogP contribution >= 0.6 is 0 Å². The number of fused-ring (bicyclic) bond motifs is 1. The highest BCUT2D eigenvalue weighted by Gasteiger charge is 2.29. The van der Waals surface area contributed by atoms with Gasteiger partial charge in [0.1, 0.15) is 23.0 Å². The molecule has 1 aliphatic rings. The number of hydrogen-bond acceptors (Lipinski definition) is 8. The van der Waals surface area contributed by atoms with E-state index < -0.39 is 6.04 Å². The lowest BCUT2D eigenvalue weighted by molar-refractivity contribution is -0.137. The number of nitriles is 1. The molecule has 0 saturated carbocycles. The van der Waals surface area contributed by atoms with Gasteiger partial charge >= 0.3 is 0 Å². The zero-order valence-corrected chi connectivity index (χ0v) is 22.5. The van der Waals surface area contributed by atoms with Crippen molar-refractivity contribution in [3.63, 3.8) is 0 Å². The molecule has 0 aliphatic carbocycles. The number of nitrogens with zero attached hydrogens (tertiary/aromatic N) is 10. The van der Waals surface area contributed by atoms with Gasteiger partial charge in [0, 0.05) is 59.5 Å². The molecule has 11 heteroatoms. The zero-order chi connectivity index (χ0) is 29.1. The maximum absolute atomic E-state index is 13.3. The van der Waals surface area contributed by atoms with Crippen LogP contribution in [-0.2, 0) is 11.8 Å². The fraction of sp³-hybridized carbons (Fsp3) is 0.429. The van der Waals surface area contributed by atoms with Crippen molar-refractivity contribution in [2.75, 3.05) is 45.1 Å². The molecule has 0 bridgehead atoms. The minimum atomic E-state index is -0.442. The summed E-state index contributed by atoms with van der Waals surface area (Å²) in [6.07, 6.45) is 9.33. The Morgan fingerprint density at radius 3 is 2.51 bits per heavy atom. The van der Waals surface area contributed by atoms with Gasteiger partial charge in [-0.15, -0.1) is 0 Å². The van der Waals surface area contributed by atoms with Gasteiger partial charge in [-0.1, -0.05) is 13.8 Å². The molecule has 1 atom stereocenters. The third kappa shape index (κ3) is 5.33. The molecule has 0 unspecified atom stereocenters. The number of hydrogen-bond donors (Lipinski definition) is 0. The number of carbonyl (C=O) groups is 1. The Balaban J connectivity index is 1.34. The monoisotopic (exact) mass is 528 g/mol. The quantitative estimate of drug-likeness (QED) is 0.360. The Morgan fingerprint density at radius 1 is 1.10 bits per heavy atom. The number of aromatic nitrogens is 6. The SMILES string of the molecule is [2H]CN(C[2H])[C@@H](CC(C)C)C(=O)N1CCN(c2ccc(-c3nc(-c4cnn(C)c4)cn4ncc(C#N)c34)cn2)CC1. The van der Waals surface area contributed by atoms with E-state index >= 15 is 0 Å². The molecule has 1 fully saturated rings. The summed E-state index contributed by atoms with van der Waals surface area (Å²) in [5, 5.41) is 18.3. The average molecular weight is 529 g/mol. The number of piperazine rings is 1. The van der Waals surface area contributed by atoms with Crippen LogP contribution in [0, 0.1) is 17.2 Å². The fourth-order valence-electron chi connectivity index (χ4n) is 4.92. The van der Waals surface area contributed by atoms with E-state index in [0.717, 1.165) is 16.9 Å². The van der Waals surface area contributed by atoms with Crippen molar-refractivity contribution in [2.24, 2.45) is 13.0 Å². The van der Waals surface area contributed by atoms with E-state index in [0.29, 0.717) is 61.0 Å². The zero-order valence-electron chi connectivity index (χ0n) is 24.5. The van der Waals surface area contributed by atoms with Crippen molar-refractivity contribution < 1.29 is 7.54 Å². The Hall–Kier alpha value is -4.30. The molecular weight excluding hydrogens is 492 g/mol. The maximum atomic E-state index is 13.3.